The van der Waals surface area contributed by atoms with Crippen LogP contribution < -0.4 is 0 Å². The van der Waals surface area contributed by atoms with Crippen LogP contribution >= 0.6 is 0 Å². The second-order valence-electron chi connectivity index (χ2n) is 2.01. The quantitative estimate of drug-likeness (QED) is 0.538. The largest absolute Gasteiger partial charge is 0.207 e. The fourth-order valence-corrected chi connectivity index (χ4v) is 0.747. The highest BCUT2D eigenvalue weighted by Gasteiger charge is 2.05. The topological polar surface area (TPSA) is 0 Å². The van der Waals surface area contributed by atoms with E-state index in [1.54, 1.807) is 0 Å². The zero-order valence-electron chi connectivity index (χ0n) is 5.70. The van der Waals surface area contributed by atoms with E-state index in [0.29, 0.717) is 0 Å². The van der Waals surface area contributed by atoms with Gasteiger partial charge in [-0.1, -0.05) is 0 Å². The highest BCUT2D eigenvalue weighted by molar-refractivity contribution is 5.22. The molecule has 0 unspecified atom stereocenters. The minimum Gasteiger partial charge on any atom is -0.207 e. The Morgan fingerprint density at radius 3 is 2.36 bits per heavy atom. The molecule has 0 aliphatic heterocycles. The van der Waals surface area contributed by atoms with Crippen molar-refractivity contribution < 1.29 is 8.78 Å². The minimum absolute atomic E-state index is 0.0215. The van der Waals surface area contributed by atoms with E-state index in [0.717, 1.165) is 12.1 Å². The molecule has 0 heterocycles. The van der Waals surface area contributed by atoms with Crippen molar-refractivity contribution in [2.24, 2.45) is 0 Å². The summed E-state index contributed by atoms with van der Waals surface area (Å²) < 4.78 is 25.3. The standard InChI is InChI=1S/C9H5F2/c1-2-4-7-8(10)5-3-6-9(7)11/h1,5-6H,4H2. The first-order valence-corrected chi connectivity index (χ1v) is 3.03. The second kappa shape index (κ2) is 3.16. The molecule has 0 saturated carbocycles. The maximum absolute atomic E-state index is 12.7. The SMILES string of the molecule is C#CCc1c(F)c[c]cc1F. The van der Waals surface area contributed by atoms with Crippen LogP contribution in [0.3, 0.4) is 0 Å². The maximum Gasteiger partial charge on any atom is 0.130 e. The Balaban J connectivity index is 3.12. The van der Waals surface area contributed by atoms with Crippen molar-refractivity contribution in [1.29, 1.82) is 0 Å². The lowest BCUT2D eigenvalue weighted by Gasteiger charge is -1.97. The van der Waals surface area contributed by atoms with Crippen LogP contribution in [0.15, 0.2) is 12.1 Å². The molecular weight excluding hydrogens is 146 g/mol. The van der Waals surface area contributed by atoms with E-state index in [4.69, 9.17) is 6.42 Å². The van der Waals surface area contributed by atoms with E-state index in [2.05, 4.69) is 12.0 Å². The summed E-state index contributed by atoms with van der Waals surface area (Å²) in [5.41, 5.74) is -0.0637. The van der Waals surface area contributed by atoms with Gasteiger partial charge in [-0.15, -0.1) is 12.3 Å². The monoisotopic (exact) mass is 151 g/mol. The summed E-state index contributed by atoms with van der Waals surface area (Å²) in [6.45, 7) is 0. The van der Waals surface area contributed by atoms with E-state index in [-0.39, 0.29) is 12.0 Å². The van der Waals surface area contributed by atoms with E-state index in [9.17, 15) is 8.78 Å². The Morgan fingerprint density at radius 2 is 1.91 bits per heavy atom. The summed E-state index contributed by atoms with van der Waals surface area (Å²) in [5.74, 6) is 0.899. The molecule has 0 spiro atoms. The molecule has 1 radical (unpaired) electrons. The maximum atomic E-state index is 12.7. The zero-order chi connectivity index (χ0) is 8.27. The van der Waals surface area contributed by atoms with Gasteiger partial charge in [-0.25, -0.2) is 8.78 Å². The third-order valence-electron chi connectivity index (χ3n) is 1.28. The molecule has 0 aliphatic rings. The summed E-state index contributed by atoms with van der Waals surface area (Å²) >= 11 is 0. The predicted octanol–water partition coefficient (Wildman–Crippen LogP) is 1.94. The van der Waals surface area contributed by atoms with Crippen LogP contribution in [0, 0.1) is 30.0 Å². The smallest absolute Gasteiger partial charge is 0.130 e. The molecular formula is C9H5F2. The first-order valence-electron chi connectivity index (χ1n) is 3.03. The van der Waals surface area contributed by atoms with E-state index in [1.807, 2.05) is 0 Å². The fourth-order valence-electron chi connectivity index (χ4n) is 0.747. The van der Waals surface area contributed by atoms with Crippen molar-refractivity contribution in [3.63, 3.8) is 0 Å². The van der Waals surface area contributed by atoms with Crippen LogP contribution in [0.1, 0.15) is 5.56 Å². The van der Waals surface area contributed by atoms with Gasteiger partial charge in [-0.05, 0) is 18.2 Å². The van der Waals surface area contributed by atoms with Crippen LogP contribution in [0.5, 0.6) is 0 Å². The molecule has 0 saturated heterocycles. The molecule has 0 aromatic heterocycles. The van der Waals surface area contributed by atoms with Gasteiger partial charge in [0, 0.05) is 12.0 Å². The molecule has 11 heavy (non-hydrogen) atoms. The van der Waals surface area contributed by atoms with Crippen LogP contribution in [-0.2, 0) is 6.42 Å². The molecule has 55 valence electrons. The first-order chi connectivity index (χ1) is 5.25. The van der Waals surface area contributed by atoms with Gasteiger partial charge in [0.25, 0.3) is 0 Å². The average molecular weight is 151 g/mol. The van der Waals surface area contributed by atoms with Crippen molar-refractivity contribution in [1.82, 2.24) is 0 Å². The van der Waals surface area contributed by atoms with E-state index in [1.165, 1.54) is 0 Å². The van der Waals surface area contributed by atoms with Crippen molar-refractivity contribution in [2.45, 2.75) is 6.42 Å². The van der Waals surface area contributed by atoms with Crippen LogP contribution in [0.2, 0.25) is 0 Å². The lowest BCUT2D eigenvalue weighted by atomic mass is 10.1. The Bertz CT molecular complexity index is 277. The average Bonchev–Trinajstić information content (AvgIpc) is 1.97. The predicted molar refractivity (Wildman–Crippen MR) is 37.7 cm³/mol. The summed E-state index contributed by atoms with van der Waals surface area (Å²) in [6, 6.07) is 4.44. The van der Waals surface area contributed by atoms with Crippen molar-refractivity contribution in [3.05, 3.63) is 35.4 Å². The van der Waals surface area contributed by atoms with Gasteiger partial charge in [0.2, 0.25) is 0 Å². The molecule has 0 N–H and O–H groups in total. The molecule has 0 atom stereocenters. The Labute approximate surface area is 63.9 Å². The minimum atomic E-state index is -0.636. The molecule has 0 amide bonds. The van der Waals surface area contributed by atoms with E-state index < -0.39 is 11.6 Å². The first kappa shape index (κ1) is 7.74. The molecule has 0 nitrogen and oxygen atoms in total. The van der Waals surface area contributed by atoms with Gasteiger partial charge in [0.15, 0.2) is 0 Å². The number of halogens is 2. The van der Waals surface area contributed by atoms with Crippen LogP contribution in [0.4, 0.5) is 8.78 Å². The molecule has 0 fully saturated rings. The van der Waals surface area contributed by atoms with Crippen molar-refractivity contribution in [3.8, 4) is 12.3 Å². The van der Waals surface area contributed by atoms with Gasteiger partial charge < -0.3 is 0 Å². The molecule has 1 aromatic carbocycles. The van der Waals surface area contributed by atoms with Gasteiger partial charge >= 0.3 is 0 Å². The fraction of sp³-hybridized carbons (Fsp3) is 0.111. The number of hydrogen-bond donors (Lipinski definition) is 0. The summed E-state index contributed by atoms with van der Waals surface area (Å²) in [6.07, 6.45) is 4.88. The molecule has 1 rings (SSSR count). The van der Waals surface area contributed by atoms with Gasteiger partial charge in [0.1, 0.15) is 11.6 Å². The van der Waals surface area contributed by atoms with Gasteiger partial charge in [-0.2, -0.15) is 0 Å². The summed E-state index contributed by atoms with van der Waals surface area (Å²) in [4.78, 5) is 0. The molecule has 0 aliphatic carbocycles. The van der Waals surface area contributed by atoms with Gasteiger partial charge in [-0.3, -0.25) is 0 Å². The van der Waals surface area contributed by atoms with Crippen LogP contribution in [0.25, 0.3) is 0 Å². The normalized spacial score (nSPS) is 9.18. The number of hydrogen-bond acceptors (Lipinski definition) is 0. The molecule has 2 heteroatoms. The molecule has 1 aromatic rings. The third kappa shape index (κ3) is 1.56. The lowest BCUT2D eigenvalue weighted by Crippen LogP contribution is -1.92. The summed E-state index contributed by atoms with van der Waals surface area (Å²) in [7, 11) is 0. The molecule has 0 bridgehead atoms. The van der Waals surface area contributed by atoms with Crippen molar-refractivity contribution >= 4 is 0 Å². The second-order valence-corrected chi connectivity index (χ2v) is 2.01. The lowest BCUT2D eigenvalue weighted by molar-refractivity contribution is 0.563. The zero-order valence-corrected chi connectivity index (χ0v) is 5.70. The Morgan fingerprint density at radius 1 is 1.36 bits per heavy atom. The van der Waals surface area contributed by atoms with Crippen molar-refractivity contribution in [2.75, 3.05) is 0 Å². The Hall–Kier alpha value is -1.36. The van der Waals surface area contributed by atoms with E-state index >= 15 is 0 Å². The third-order valence-corrected chi connectivity index (χ3v) is 1.28. The summed E-state index contributed by atoms with van der Waals surface area (Å²) in [5, 5.41) is 0. The number of terminal acetylenes is 1. The van der Waals surface area contributed by atoms with Gasteiger partial charge in [0.05, 0.1) is 0 Å². The number of benzene rings is 1. The van der Waals surface area contributed by atoms with Crippen LogP contribution in [-0.4, -0.2) is 0 Å². The number of rotatable bonds is 1. The highest BCUT2D eigenvalue weighted by Crippen LogP contribution is 2.11. The Kier molecular flexibility index (Phi) is 2.22. The highest BCUT2D eigenvalue weighted by atomic mass is 19.1.